The first-order valence-electron chi connectivity index (χ1n) is 10.4. The number of thiophene rings is 1. The van der Waals surface area contributed by atoms with Gasteiger partial charge in [-0.15, -0.1) is 11.3 Å². The topological polar surface area (TPSA) is 32.3 Å². The van der Waals surface area contributed by atoms with Crippen LogP contribution in [0.5, 0.6) is 0 Å². The Bertz CT molecular complexity index is 563. The van der Waals surface area contributed by atoms with E-state index in [1.165, 1.54) is 30.6 Å². The van der Waals surface area contributed by atoms with Crippen LogP contribution in [0.1, 0.15) is 77.1 Å². The molecule has 0 bridgehead atoms. The summed E-state index contributed by atoms with van der Waals surface area (Å²) >= 11 is 1.82. The number of amides is 1. The van der Waals surface area contributed by atoms with Gasteiger partial charge in [0.15, 0.2) is 0 Å². The lowest BCUT2D eigenvalue weighted by Gasteiger charge is -2.37. The number of carbonyl (C=O) groups is 1. The van der Waals surface area contributed by atoms with E-state index in [1.54, 1.807) is 0 Å². The zero-order chi connectivity index (χ0) is 18.7. The van der Waals surface area contributed by atoms with Gasteiger partial charge < -0.3 is 5.32 Å². The first-order chi connectivity index (χ1) is 12.4. The molecule has 4 heteroatoms. The highest BCUT2D eigenvalue weighted by Gasteiger charge is 2.35. The number of hydrogen-bond acceptors (Lipinski definition) is 3. The van der Waals surface area contributed by atoms with E-state index in [-0.39, 0.29) is 17.9 Å². The van der Waals surface area contributed by atoms with Gasteiger partial charge in [-0.3, -0.25) is 9.69 Å². The van der Waals surface area contributed by atoms with Crippen molar-refractivity contribution in [3.05, 3.63) is 22.4 Å². The minimum atomic E-state index is 0.166. The molecule has 0 radical (unpaired) electrons. The number of rotatable bonds is 5. The molecule has 1 aliphatic heterocycles. The first kappa shape index (κ1) is 19.9. The van der Waals surface area contributed by atoms with Gasteiger partial charge in [-0.05, 0) is 81.3 Å². The number of nitrogens with zero attached hydrogens (tertiary/aromatic N) is 1. The molecule has 1 saturated heterocycles. The molecule has 3 nitrogen and oxygen atoms in total. The molecule has 2 aliphatic rings. The Balaban J connectivity index is 1.59. The van der Waals surface area contributed by atoms with Gasteiger partial charge in [0.25, 0.3) is 0 Å². The highest BCUT2D eigenvalue weighted by atomic mass is 32.1. The van der Waals surface area contributed by atoms with Gasteiger partial charge in [-0.1, -0.05) is 26.8 Å². The highest BCUT2D eigenvalue weighted by molar-refractivity contribution is 7.10. The highest BCUT2D eigenvalue weighted by Crippen LogP contribution is 2.40. The van der Waals surface area contributed by atoms with Gasteiger partial charge in [0.05, 0.1) is 6.04 Å². The number of likely N-dealkylation sites (tertiary alicyclic amines) is 1. The Kier molecular flexibility index (Phi) is 6.45. The maximum absolute atomic E-state index is 12.9. The van der Waals surface area contributed by atoms with Gasteiger partial charge in [0.1, 0.15) is 0 Å². The lowest BCUT2D eigenvalue weighted by molar-refractivity contribution is -0.127. The van der Waals surface area contributed by atoms with Crippen LogP contribution >= 0.6 is 11.3 Å². The van der Waals surface area contributed by atoms with E-state index in [9.17, 15) is 4.79 Å². The van der Waals surface area contributed by atoms with E-state index in [1.807, 2.05) is 11.3 Å². The Labute approximate surface area is 163 Å². The minimum absolute atomic E-state index is 0.166. The fraction of sp³-hybridized carbons (Fsp3) is 0.773. The third-order valence-corrected chi connectivity index (χ3v) is 7.48. The van der Waals surface area contributed by atoms with E-state index in [0.717, 1.165) is 31.8 Å². The average Bonchev–Trinajstić information content (AvgIpc) is 3.29. The van der Waals surface area contributed by atoms with Crippen molar-refractivity contribution in [2.75, 3.05) is 13.1 Å². The van der Waals surface area contributed by atoms with Gasteiger partial charge in [-0.25, -0.2) is 0 Å². The molecule has 146 valence electrons. The zero-order valence-corrected chi connectivity index (χ0v) is 17.8. The van der Waals surface area contributed by atoms with Crippen LogP contribution in [-0.2, 0) is 4.79 Å². The predicted molar refractivity (Wildman–Crippen MR) is 110 cm³/mol. The van der Waals surface area contributed by atoms with Crippen LogP contribution in [0.4, 0.5) is 0 Å². The number of carbonyl (C=O) groups excluding carboxylic acids is 1. The molecular weight excluding hydrogens is 340 g/mol. The molecule has 3 rings (SSSR count). The summed E-state index contributed by atoms with van der Waals surface area (Å²) in [6, 6.07) is 4.85. The molecule has 0 aromatic carbocycles. The Morgan fingerprint density at radius 3 is 2.38 bits per heavy atom. The largest absolute Gasteiger partial charge is 0.351 e. The van der Waals surface area contributed by atoms with Gasteiger partial charge in [-0.2, -0.15) is 0 Å². The molecule has 0 unspecified atom stereocenters. The summed E-state index contributed by atoms with van der Waals surface area (Å²) in [6.07, 6.45) is 7.04. The molecule has 1 aromatic heterocycles. The number of nitrogens with one attached hydrogen (secondary N) is 1. The predicted octanol–water partition coefficient (Wildman–Crippen LogP) is 5.24. The van der Waals surface area contributed by atoms with Crippen LogP contribution in [0, 0.1) is 17.3 Å². The molecule has 2 heterocycles. The summed E-state index contributed by atoms with van der Waals surface area (Å²) in [5.41, 5.74) is 0.370. The maximum atomic E-state index is 12.9. The Morgan fingerprint density at radius 2 is 1.85 bits per heavy atom. The first-order valence-corrected chi connectivity index (χ1v) is 11.3. The molecule has 2 atom stereocenters. The van der Waals surface area contributed by atoms with E-state index < -0.39 is 0 Å². The molecule has 1 N–H and O–H groups in total. The van der Waals surface area contributed by atoms with Crippen molar-refractivity contribution < 1.29 is 4.79 Å². The summed E-state index contributed by atoms with van der Waals surface area (Å²) in [6.45, 7) is 11.5. The van der Waals surface area contributed by atoms with E-state index in [4.69, 9.17) is 0 Å². The van der Waals surface area contributed by atoms with Gasteiger partial charge >= 0.3 is 0 Å². The summed E-state index contributed by atoms with van der Waals surface area (Å²) in [5, 5.41) is 5.55. The Morgan fingerprint density at radius 1 is 1.19 bits per heavy atom. The van der Waals surface area contributed by atoms with Crippen molar-refractivity contribution in [3.8, 4) is 0 Å². The third-order valence-electron chi connectivity index (χ3n) is 6.53. The third kappa shape index (κ3) is 4.69. The van der Waals surface area contributed by atoms with Crippen molar-refractivity contribution >= 4 is 17.2 Å². The van der Waals surface area contributed by atoms with Crippen LogP contribution < -0.4 is 5.32 Å². The zero-order valence-electron chi connectivity index (χ0n) is 17.0. The monoisotopic (exact) mass is 376 g/mol. The Hall–Kier alpha value is -0.870. The van der Waals surface area contributed by atoms with Crippen molar-refractivity contribution in [2.45, 2.75) is 78.3 Å². The normalized spacial score (nSPS) is 27.2. The molecule has 1 aromatic rings. The van der Waals surface area contributed by atoms with E-state index in [0.29, 0.717) is 11.5 Å². The van der Waals surface area contributed by atoms with Crippen LogP contribution in [0.3, 0.4) is 0 Å². The van der Waals surface area contributed by atoms with Gasteiger partial charge in [0, 0.05) is 16.8 Å². The molecule has 1 amide bonds. The molecular formula is C22H36N2OS. The van der Waals surface area contributed by atoms with Gasteiger partial charge in [0.2, 0.25) is 5.91 Å². The smallest absolute Gasteiger partial charge is 0.223 e. The average molecular weight is 377 g/mol. The van der Waals surface area contributed by atoms with Crippen molar-refractivity contribution in [3.63, 3.8) is 0 Å². The second kappa shape index (κ2) is 8.43. The van der Waals surface area contributed by atoms with Crippen LogP contribution in [0.2, 0.25) is 0 Å². The lowest BCUT2D eigenvalue weighted by Crippen LogP contribution is -2.46. The number of hydrogen-bond donors (Lipinski definition) is 1. The van der Waals surface area contributed by atoms with E-state index in [2.05, 4.69) is 55.4 Å². The summed E-state index contributed by atoms with van der Waals surface area (Å²) in [7, 11) is 0. The summed E-state index contributed by atoms with van der Waals surface area (Å²) in [5.74, 6) is 1.25. The standard InChI is InChI=1S/C22H36N2OS/c1-16(20(19-8-7-15-26-19)24-13-5-6-14-24)23-21(25)17-9-11-18(12-10-17)22(2,3)4/h7-8,15-18,20H,5-6,9-14H2,1-4H3,(H,23,25)/t16-,17?,18?,20-/m0/s1. The SMILES string of the molecule is C[C@H](NC(=O)C1CCC(C(C)(C)C)CC1)[C@@H](c1cccs1)N1CCCC1. The summed E-state index contributed by atoms with van der Waals surface area (Å²) < 4.78 is 0. The van der Waals surface area contributed by atoms with Crippen molar-refractivity contribution in [1.29, 1.82) is 0 Å². The lowest BCUT2D eigenvalue weighted by atomic mass is 9.69. The van der Waals surface area contributed by atoms with Crippen LogP contribution in [0.25, 0.3) is 0 Å². The van der Waals surface area contributed by atoms with Crippen LogP contribution in [-0.4, -0.2) is 29.9 Å². The van der Waals surface area contributed by atoms with Crippen LogP contribution in [0.15, 0.2) is 17.5 Å². The van der Waals surface area contributed by atoms with Crippen molar-refractivity contribution in [1.82, 2.24) is 10.2 Å². The molecule has 2 fully saturated rings. The fourth-order valence-corrected chi connectivity index (χ4v) is 5.83. The molecule has 26 heavy (non-hydrogen) atoms. The van der Waals surface area contributed by atoms with E-state index >= 15 is 0 Å². The summed E-state index contributed by atoms with van der Waals surface area (Å²) in [4.78, 5) is 16.9. The molecule has 1 saturated carbocycles. The minimum Gasteiger partial charge on any atom is -0.351 e. The maximum Gasteiger partial charge on any atom is 0.223 e. The second-order valence-corrected chi connectivity index (χ2v) is 10.4. The van der Waals surface area contributed by atoms with Crippen molar-refractivity contribution in [2.24, 2.45) is 17.3 Å². The fourth-order valence-electron chi connectivity index (χ4n) is 4.86. The molecule has 1 aliphatic carbocycles. The molecule has 0 spiro atoms. The second-order valence-electron chi connectivity index (χ2n) is 9.42. The quantitative estimate of drug-likeness (QED) is 0.762.